The van der Waals surface area contributed by atoms with E-state index in [1.165, 1.54) is 11.1 Å². The van der Waals surface area contributed by atoms with E-state index in [1.807, 2.05) is 41.6 Å². The number of nitrogens with zero attached hydrogens (tertiary/aromatic N) is 4. The lowest BCUT2D eigenvalue weighted by Gasteiger charge is -2.35. The van der Waals surface area contributed by atoms with E-state index in [9.17, 15) is 4.79 Å². The number of pyridine rings is 2. The van der Waals surface area contributed by atoms with Crippen LogP contribution in [0.25, 0.3) is 10.9 Å². The van der Waals surface area contributed by atoms with E-state index >= 15 is 0 Å². The van der Waals surface area contributed by atoms with Crippen molar-refractivity contribution in [1.82, 2.24) is 19.8 Å². The van der Waals surface area contributed by atoms with Gasteiger partial charge < -0.3 is 4.90 Å². The van der Waals surface area contributed by atoms with Gasteiger partial charge in [-0.15, -0.1) is 0 Å². The van der Waals surface area contributed by atoms with Crippen molar-refractivity contribution in [1.29, 1.82) is 0 Å². The van der Waals surface area contributed by atoms with Crippen molar-refractivity contribution in [2.24, 2.45) is 0 Å². The van der Waals surface area contributed by atoms with E-state index in [-0.39, 0.29) is 5.91 Å². The highest BCUT2D eigenvalue weighted by molar-refractivity contribution is 6.07. The molecule has 3 aromatic rings. The lowest BCUT2D eigenvalue weighted by molar-refractivity contribution is 0.0629. The van der Waals surface area contributed by atoms with Crippen LogP contribution in [0.1, 0.15) is 33.6 Å². The first-order valence-corrected chi connectivity index (χ1v) is 10.1. The Hall–Kier alpha value is -2.79. The second kappa shape index (κ2) is 7.32. The minimum atomic E-state index is 0.181. The molecule has 0 bridgehead atoms. The molecule has 1 aliphatic carbocycles. The first kappa shape index (κ1) is 17.3. The summed E-state index contributed by atoms with van der Waals surface area (Å²) in [6.45, 7) is 4.27. The molecule has 1 saturated heterocycles. The predicted octanol–water partition coefficient (Wildman–Crippen LogP) is 3.08. The van der Waals surface area contributed by atoms with E-state index in [1.54, 1.807) is 0 Å². The Bertz CT molecular complexity index is 1010. The number of amides is 1. The van der Waals surface area contributed by atoms with Gasteiger partial charge in [-0.3, -0.25) is 19.7 Å². The Balaban J connectivity index is 1.37. The number of carbonyl (C=O) groups is 1. The number of hydrogen-bond donors (Lipinski definition) is 0. The van der Waals surface area contributed by atoms with Gasteiger partial charge in [0.2, 0.25) is 0 Å². The van der Waals surface area contributed by atoms with Crippen LogP contribution in [-0.4, -0.2) is 51.9 Å². The van der Waals surface area contributed by atoms with Crippen LogP contribution in [-0.2, 0) is 19.4 Å². The third kappa shape index (κ3) is 3.16. The average Bonchev–Trinajstić information content (AvgIpc) is 3.21. The molecule has 0 saturated carbocycles. The molecule has 1 aromatic carbocycles. The smallest absolute Gasteiger partial charge is 0.254 e. The van der Waals surface area contributed by atoms with E-state index in [0.717, 1.165) is 74.1 Å². The number of para-hydroxylation sites is 1. The molecule has 28 heavy (non-hydrogen) atoms. The number of rotatable bonds is 3. The Kier molecular flexibility index (Phi) is 4.53. The third-order valence-electron chi connectivity index (χ3n) is 5.95. The van der Waals surface area contributed by atoms with E-state index in [0.29, 0.717) is 0 Å². The molecule has 5 heteroatoms. The summed E-state index contributed by atoms with van der Waals surface area (Å²) in [5.41, 5.74) is 5.43. The standard InChI is InChI=1S/C23H24N4O/c28-23(27-14-12-26(13-15-27)16-17-8-10-24-11-9-17)22-18-4-1-2-6-20(18)25-21-7-3-5-19(21)22/h1-2,4,6,8-11H,3,5,7,12-16H2. The van der Waals surface area contributed by atoms with Crippen LogP contribution in [0.4, 0.5) is 0 Å². The molecule has 1 fully saturated rings. The summed E-state index contributed by atoms with van der Waals surface area (Å²) >= 11 is 0. The zero-order chi connectivity index (χ0) is 18.9. The molecule has 2 aromatic heterocycles. The summed E-state index contributed by atoms with van der Waals surface area (Å²) < 4.78 is 0. The normalized spacial score (nSPS) is 17.1. The molecule has 5 rings (SSSR count). The van der Waals surface area contributed by atoms with Crippen LogP contribution in [0.3, 0.4) is 0 Å². The van der Waals surface area contributed by atoms with E-state index in [4.69, 9.17) is 4.98 Å². The van der Waals surface area contributed by atoms with Gasteiger partial charge in [0.15, 0.2) is 0 Å². The number of benzene rings is 1. The van der Waals surface area contributed by atoms with Gasteiger partial charge in [-0.1, -0.05) is 18.2 Å². The zero-order valence-electron chi connectivity index (χ0n) is 16.0. The maximum Gasteiger partial charge on any atom is 0.254 e. The fourth-order valence-electron chi connectivity index (χ4n) is 4.47. The molecule has 5 nitrogen and oxygen atoms in total. The van der Waals surface area contributed by atoms with Crippen LogP contribution in [0.2, 0.25) is 0 Å². The summed E-state index contributed by atoms with van der Waals surface area (Å²) in [6, 6.07) is 12.2. The van der Waals surface area contributed by atoms with Crippen LogP contribution >= 0.6 is 0 Å². The number of hydrogen-bond acceptors (Lipinski definition) is 4. The first-order valence-electron chi connectivity index (χ1n) is 10.1. The number of piperazine rings is 1. The molecule has 1 aliphatic heterocycles. The molecular weight excluding hydrogens is 348 g/mol. The highest BCUT2D eigenvalue weighted by atomic mass is 16.2. The quantitative estimate of drug-likeness (QED) is 0.709. The number of aryl methyl sites for hydroxylation is 1. The van der Waals surface area contributed by atoms with Gasteiger partial charge in [-0.05, 0) is 48.6 Å². The summed E-state index contributed by atoms with van der Waals surface area (Å²) in [4.78, 5) is 26.9. The van der Waals surface area contributed by atoms with Gasteiger partial charge in [0.1, 0.15) is 0 Å². The molecule has 1 amide bonds. The average molecular weight is 372 g/mol. The van der Waals surface area contributed by atoms with Crippen molar-refractivity contribution in [3.05, 3.63) is 71.2 Å². The molecule has 0 unspecified atom stereocenters. The predicted molar refractivity (Wildman–Crippen MR) is 109 cm³/mol. The van der Waals surface area contributed by atoms with Gasteiger partial charge in [0.05, 0.1) is 11.1 Å². The first-order chi connectivity index (χ1) is 13.8. The maximum atomic E-state index is 13.5. The Morgan fingerprint density at radius 2 is 1.75 bits per heavy atom. The van der Waals surface area contributed by atoms with Gasteiger partial charge >= 0.3 is 0 Å². The second-order valence-corrected chi connectivity index (χ2v) is 7.71. The highest BCUT2D eigenvalue weighted by Crippen LogP contribution is 2.31. The van der Waals surface area contributed by atoms with Gasteiger partial charge in [-0.25, -0.2) is 0 Å². The minimum absolute atomic E-state index is 0.181. The van der Waals surface area contributed by atoms with Crippen molar-refractivity contribution in [2.45, 2.75) is 25.8 Å². The second-order valence-electron chi connectivity index (χ2n) is 7.71. The minimum Gasteiger partial charge on any atom is -0.336 e. The molecular formula is C23H24N4O. The summed E-state index contributed by atoms with van der Waals surface area (Å²) in [7, 11) is 0. The van der Waals surface area contributed by atoms with Crippen LogP contribution in [0.15, 0.2) is 48.8 Å². The van der Waals surface area contributed by atoms with Crippen LogP contribution in [0, 0.1) is 0 Å². The molecule has 142 valence electrons. The SMILES string of the molecule is O=C(c1c2c(nc3ccccc13)CCC2)N1CCN(Cc2ccncc2)CC1. The fraction of sp³-hybridized carbons (Fsp3) is 0.348. The van der Waals surface area contributed by atoms with Crippen molar-refractivity contribution in [3.63, 3.8) is 0 Å². The van der Waals surface area contributed by atoms with Gasteiger partial charge in [-0.2, -0.15) is 0 Å². The maximum absolute atomic E-state index is 13.5. The largest absolute Gasteiger partial charge is 0.336 e. The third-order valence-corrected chi connectivity index (χ3v) is 5.95. The van der Waals surface area contributed by atoms with E-state index < -0.39 is 0 Å². The number of aromatic nitrogens is 2. The van der Waals surface area contributed by atoms with Crippen molar-refractivity contribution in [3.8, 4) is 0 Å². The monoisotopic (exact) mass is 372 g/mol. The molecule has 0 radical (unpaired) electrons. The van der Waals surface area contributed by atoms with E-state index in [2.05, 4.69) is 22.0 Å². The molecule has 0 spiro atoms. The fourth-order valence-corrected chi connectivity index (χ4v) is 4.47. The Morgan fingerprint density at radius 3 is 2.57 bits per heavy atom. The number of carbonyl (C=O) groups excluding carboxylic acids is 1. The lowest BCUT2D eigenvalue weighted by atomic mass is 9.99. The van der Waals surface area contributed by atoms with Crippen LogP contribution < -0.4 is 0 Å². The van der Waals surface area contributed by atoms with Gasteiger partial charge in [0.25, 0.3) is 5.91 Å². The van der Waals surface area contributed by atoms with Crippen LogP contribution in [0.5, 0.6) is 0 Å². The van der Waals surface area contributed by atoms with Crippen molar-refractivity contribution in [2.75, 3.05) is 26.2 Å². The molecule has 0 atom stereocenters. The number of fused-ring (bicyclic) bond motifs is 2. The Morgan fingerprint density at radius 1 is 0.964 bits per heavy atom. The zero-order valence-corrected chi connectivity index (χ0v) is 16.0. The summed E-state index contributed by atoms with van der Waals surface area (Å²) in [6.07, 6.45) is 6.73. The Labute approximate surface area is 165 Å². The lowest BCUT2D eigenvalue weighted by Crippen LogP contribution is -2.48. The van der Waals surface area contributed by atoms with Crippen molar-refractivity contribution < 1.29 is 4.79 Å². The molecule has 3 heterocycles. The highest BCUT2D eigenvalue weighted by Gasteiger charge is 2.28. The molecule has 2 aliphatic rings. The summed E-state index contributed by atoms with van der Waals surface area (Å²) in [5, 5.41) is 1.01. The van der Waals surface area contributed by atoms with Gasteiger partial charge in [0, 0.05) is 56.2 Å². The summed E-state index contributed by atoms with van der Waals surface area (Å²) in [5.74, 6) is 0.181. The molecule has 0 N–H and O–H groups in total. The topological polar surface area (TPSA) is 49.3 Å². The van der Waals surface area contributed by atoms with Crippen molar-refractivity contribution >= 4 is 16.8 Å².